The van der Waals surface area contributed by atoms with Gasteiger partial charge in [-0.1, -0.05) is 44.2 Å². The van der Waals surface area contributed by atoms with Crippen LogP contribution in [0.25, 0.3) is 27.7 Å². The van der Waals surface area contributed by atoms with Crippen LogP contribution in [-0.2, 0) is 4.79 Å². The van der Waals surface area contributed by atoms with Crippen LogP contribution in [0.5, 0.6) is 0 Å². The minimum atomic E-state index is -1.04. The molecular weight excluding hydrogens is 344 g/mol. The van der Waals surface area contributed by atoms with Gasteiger partial charge in [0.2, 0.25) is 0 Å². The Balaban J connectivity index is 1.95. The van der Waals surface area contributed by atoms with Gasteiger partial charge in [0.05, 0.1) is 17.1 Å². The van der Waals surface area contributed by atoms with Crippen LogP contribution in [0.1, 0.15) is 19.9 Å². The number of fused-ring (bicyclic) bond motifs is 3. The molecule has 1 unspecified atom stereocenters. The summed E-state index contributed by atoms with van der Waals surface area (Å²) < 4.78 is 2.87. The Bertz CT molecular complexity index is 1210. The molecule has 4 rings (SSSR count). The molecule has 7 nitrogen and oxygen atoms in total. The molecule has 0 spiro atoms. The molecule has 7 heteroatoms. The van der Waals surface area contributed by atoms with Gasteiger partial charge >= 0.3 is 5.97 Å². The molecule has 0 aliphatic rings. The molecule has 0 aliphatic carbocycles. The van der Waals surface area contributed by atoms with Crippen molar-refractivity contribution >= 4 is 22.5 Å². The highest BCUT2D eigenvalue weighted by molar-refractivity contribution is 5.85. The van der Waals surface area contributed by atoms with Gasteiger partial charge in [-0.15, -0.1) is 0 Å². The summed E-state index contributed by atoms with van der Waals surface area (Å²) in [6.45, 7) is 3.55. The molecule has 0 amide bonds. The van der Waals surface area contributed by atoms with Crippen molar-refractivity contribution in [3.8, 4) is 11.1 Å². The number of carbonyl (C=O) groups is 1. The third-order valence-corrected chi connectivity index (χ3v) is 4.69. The van der Waals surface area contributed by atoms with E-state index in [1.54, 1.807) is 30.6 Å². The number of carboxylic acid groups (broad SMARTS) is 1. The number of hydrogen-bond acceptors (Lipinski definition) is 4. The smallest absolute Gasteiger partial charge is 0.327 e. The van der Waals surface area contributed by atoms with Crippen LogP contribution >= 0.6 is 0 Å². The Hall–Kier alpha value is -3.48. The number of aromatic nitrogens is 4. The summed E-state index contributed by atoms with van der Waals surface area (Å²) in [7, 11) is 0. The molecule has 0 saturated carbocycles. The van der Waals surface area contributed by atoms with Gasteiger partial charge in [0.15, 0.2) is 5.65 Å². The number of carboxylic acids is 1. The highest BCUT2D eigenvalue weighted by Crippen LogP contribution is 2.25. The second-order valence-electron chi connectivity index (χ2n) is 6.77. The van der Waals surface area contributed by atoms with Crippen molar-refractivity contribution in [2.24, 2.45) is 5.92 Å². The third-order valence-electron chi connectivity index (χ3n) is 4.69. The second kappa shape index (κ2) is 6.35. The van der Waals surface area contributed by atoms with Gasteiger partial charge in [-0.05, 0) is 17.5 Å². The minimum absolute atomic E-state index is 0.233. The van der Waals surface area contributed by atoms with Crippen LogP contribution in [-0.4, -0.2) is 30.2 Å². The Morgan fingerprint density at radius 2 is 1.85 bits per heavy atom. The normalized spacial score (nSPS) is 12.7. The molecule has 27 heavy (non-hydrogen) atoms. The molecule has 0 radical (unpaired) electrons. The van der Waals surface area contributed by atoms with E-state index in [-0.39, 0.29) is 11.5 Å². The lowest BCUT2D eigenvalue weighted by Crippen LogP contribution is -2.33. The van der Waals surface area contributed by atoms with Crippen molar-refractivity contribution in [3.05, 3.63) is 65.3 Å². The number of hydrogen-bond donors (Lipinski definition) is 1. The number of aliphatic carboxylic acids is 1. The average Bonchev–Trinajstić information content (AvgIpc) is 3.08. The summed E-state index contributed by atoms with van der Waals surface area (Å²) in [5.74, 6) is -1.27. The van der Waals surface area contributed by atoms with Crippen LogP contribution < -0.4 is 5.56 Å². The fourth-order valence-corrected chi connectivity index (χ4v) is 3.40. The van der Waals surface area contributed by atoms with E-state index >= 15 is 0 Å². The first-order chi connectivity index (χ1) is 13.0. The van der Waals surface area contributed by atoms with E-state index in [4.69, 9.17) is 0 Å². The predicted molar refractivity (Wildman–Crippen MR) is 102 cm³/mol. The zero-order chi connectivity index (χ0) is 19.1. The maximum atomic E-state index is 12.9. The summed E-state index contributed by atoms with van der Waals surface area (Å²) in [5, 5.41) is 14.2. The SMILES string of the molecule is CC(C)C(C(=O)O)n1ccc2c(cnc3c(-c4ccccc4)cnn32)c1=O. The zero-order valence-corrected chi connectivity index (χ0v) is 14.9. The van der Waals surface area contributed by atoms with E-state index in [0.717, 1.165) is 11.1 Å². The van der Waals surface area contributed by atoms with Crippen LogP contribution in [0.15, 0.2) is 59.8 Å². The highest BCUT2D eigenvalue weighted by Gasteiger charge is 2.25. The molecule has 3 heterocycles. The van der Waals surface area contributed by atoms with E-state index in [9.17, 15) is 14.7 Å². The van der Waals surface area contributed by atoms with Crippen molar-refractivity contribution in [1.82, 2.24) is 19.2 Å². The van der Waals surface area contributed by atoms with Crippen LogP contribution in [0.3, 0.4) is 0 Å². The Labute approximate surface area is 154 Å². The highest BCUT2D eigenvalue weighted by atomic mass is 16.4. The predicted octanol–water partition coefficient (Wildman–Crippen LogP) is 2.99. The van der Waals surface area contributed by atoms with Gasteiger partial charge in [-0.3, -0.25) is 4.79 Å². The number of rotatable bonds is 4. The van der Waals surface area contributed by atoms with E-state index in [1.165, 1.54) is 17.0 Å². The number of nitrogens with zero attached hydrogens (tertiary/aromatic N) is 4. The molecule has 3 aromatic heterocycles. The molecular formula is C20H18N4O3. The van der Waals surface area contributed by atoms with Crippen LogP contribution in [0.4, 0.5) is 0 Å². The largest absolute Gasteiger partial charge is 0.480 e. The zero-order valence-electron chi connectivity index (χ0n) is 14.9. The van der Waals surface area contributed by atoms with Gasteiger partial charge in [-0.2, -0.15) is 5.10 Å². The second-order valence-corrected chi connectivity index (χ2v) is 6.77. The first kappa shape index (κ1) is 17.0. The van der Waals surface area contributed by atoms with Crippen molar-refractivity contribution in [2.45, 2.75) is 19.9 Å². The van der Waals surface area contributed by atoms with Gasteiger partial charge in [0, 0.05) is 18.0 Å². The average molecular weight is 362 g/mol. The summed E-state index contributed by atoms with van der Waals surface area (Å²) >= 11 is 0. The Kier molecular flexibility index (Phi) is 3.99. The summed E-state index contributed by atoms with van der Waals surface area (Å²) in [6, 6.07) is 10.5. The lowest BCUT2D eigenvalue weighted by Gasteiger charge is -2.19. The topological polar surface area (TPSA) is 89.5 Å². The van der Waals surface area contributed by atoms with Crippen molar-refractivity contribution in [3.63, 3.8) is 0 Å². The van der Waals surface area contributed by atoms with E-state index in [1.807, 2.05) is 30.3 Å². The van der Waals surface area contributed by atoms with Crippen molar-refractivity contribution < 1.29 is 9.90 Å². The molecule has 136 valence electrons. The van der Waals surface area contributed by atoms with Crippen LogP contribution in [0, 0.1) is 5.92 Å². The number of pyridine rings is 1. The molecule has 1 aromatic carbocycles. The number of benzene rings is 1. The molecule has 0 saturated heterocycles. The maximum Gasteiger partial charge on any atom is 0.327 e. The molecule has 0 aliphatic heterocycles. The summed E-state index contributed by atoms with van der Waals surface area (Å²) in [6.07, 6.45) is 4.74. The molecule has 0 bridgehead atoms. The molecule has 4 aromatic rings. The lowest BCUT2D eigenvalue weighted by molar-refractivity contribution is -0.142. The molecule has 1 atom stereocenters. The lowest BCUT2D eigenvalue weighted by atomic mass is 10.0. The monoisotopic (exact) mass is 362 g/mol. The first-order valence-electron chi connectivity index (χ1n) is 8.65. The maximum absolute atomic E-state index is 12.9. The fourth-order valence-electron chi connectivity index (χ4n) is 3.40. The molecule has 0 fully saturated rings. The van der Waals surface area contributed by atoms with Gasteiger partial charge in [0.25, 0.3) is 5.56 Å². The Morgan fingerprint density at radius 3 is 2.52 bits per heavy atom. The van der Waals surface area contributed by atoms with Crippen molar-refractivity contribution in [1.29, 1.82) is 0 Å². The van der Waals surface area contributed by atoms with Gasteiger partial charge in [0.1, 0.15) is 6.04 Å². The van der Waals surface area contributed by atoms with Crippen LogP contribution in [0.2, 0.25) is 0 Å². The van der Waals surface area contributed by atoms with E-state index in [2.05, 4.69) is 10.1 Å². The van der Waals surface area contributed by atoms with E-state index < -0.39 is 12.0 Å². The van der Waals surface area contributed by atoms with Gasteiger partial charge < -0.3 is 9.67 Å². The first-order valence-corrected chi connectivity index (χ1v) is 8.65. The standard InChI is InChI=1S/C20H18N4O3/c1-12(2)17(20(26)27)23-9-8-16-15(19(23)25)10-21-18-14(11-22-24(16)18)13-6-4-3-5-7-13/h3-12,17H,1-2H3,(H,26,27). The van der Waals surface area contributed by atoms with Crippen molar-refractivity contribution in [2.75, 3.05) is 0 Å². The van der Waals surface area contributed by atoms with Gasteiger partial charge in [-0.25, -0.2) is 14.3 Å². The minimum Gasteiger partial charge on any atom is -0.480 e. The third kappa shape index (κ3) is 2.68. The summed E-state index contributed by atoms with van der Waals surface area (Å²) in [4.78, 5) is 29.0. The molecule has 1 N–H and O–H groups in total. The Morgan fingerprint density at radius 1 is 1.11 bits per heavy atom. The van der Waals surface area contributed by atoms with E-state index in [0.29, 0.717) is 16.6 Å². The summed E-state index contributed by atoms with van der Waals surface area (Å²) in [5.41, 5.74) is 2.70. The fraction of sp³-hybridized carbons (Fsp3) is 0.200. The quantitative estimate of drug-likeness (QED) is 0.603.